The molecule has 0 saturated carbocycles. The van der Waals surface area contributed by atoms with Crippen LogP contribution in [-0.2, 0) is 0 Å². The summed E-state index contributed by atoms with van der Waals surface area (Å²) >= 11 is 0.604. The summed E-state index contributed by atoms with van der Waals surface area (Å²) in [5.74, 6) is 1.70. The van der Waals surface area contributed by atoms with Gasteiger partial charge in [-0.25, -0.2) is 0 Å². The van der Waals surface area contributed by atoms with E-state index in [0.29, 0.717) is 0 Å². The van der Waals surface area contributed by atoms with Gasteiger partial charge in [0.25, 0.3) is 0 Å². The third kappa shape index (κ3) is 9.60. The molecule has 9 heterocycles. The van der Waals surface area contributed by atoms with Crippen LogP contribution in [0.25, 0.3) is 96.5 Å². The van der Waals surface area contributed by atoms with Gasteiger partial charge < -0.3 is 0 Å². The predicted octanol–water partition coefficient (Wildman–Crippen LogP) is 21.9. The molecule has 0 atom stereocenters. The van der Waals surface area contributed by atoms with Gasteiger partial charge in [-0.2, -0.15) is 0 Å². The Labute approximate surface area is 692 Å². The maximum absolute atomic E-state index is 8.26. The van der Waals surface area contributed by atoms with Crippen molar-refractivity contribution in [2.75, 3.05) is 24.5 Å². The van der Waals surface area contributed by atoms with Crippen LogP contribution in [0, 0.1) is 0 Å². The molecule has 0 aliphatic carbocycles. The van der Waals surface area contributed by atoms with Gasteiger partial charge in [-0.3, -0.25) is 0 Å². The van der Waals surface area contributed by atoms with Crippen LogP contribution in [0.4, 0.5) is 85.3 Å². The van der Waals surface area contributed by atoms with Crippen molar-refractivity contribution in [3.63, 3.8) is 0 Å². The number of ether oxygens (including phenoxy) is 1. The third-order valence-corrected chi connectivity index (χ3v) is 36.3. The Hall–Kier alpha value is -11.7. The van der Waals surface area contributed by atoms with Gasteiger partial charge in [-0.15, -0.1) is 0 Å². The molecule has 0 N–H and O–H groups in total. The average Bonchev–Trinajstić information content (AvgIpc) is 1.01. The minimum absolute atomic E-state index is 0.0727. The Morgan fingerprint density at radius 1 is 0.209 bits per heavy atom. The van der Waals surface area contributed by atoms with Gasteiger partial charge in [0.1, 0.15) is 0 Å². The number of hydrogen-bond acceptors (Lipinski definition) is 6. The SMILES string of the molecule is c1ccc(N(c2cc3c4c(c2)N(c2cccc5[se]c6ccccc6c25)c2ccccc2B4c2cc4c(cc2O3)N(c2cccc3[se]c5ccccc5c23)c2cc(N(c3ccccc3)c3cccc5[se]c6ccccc6c35)cc3c2B4c2ccccc2N3c2cccc3[se]c4ccccc4c23)c2cccc3[se]c4ccccc4c23)cc1. The van der Waals surface area contributed by atoms with Gasteiger partial charge in [-0.1, -0.05) is 0 Å². The molecule has 0 amide bonds. The van der Waals surface area contributed by atoms with E-state index in [1.807, 2.05) is 0 Å². The standard InChI is InChI=1S/C102H59B2N5OSe5/c1-3-26-60(27-4-1)105(75-39-21-49-91-96(75)64-30-7-16-44-86(64)111-91)62-54-81-101-82(55-62)109(79-43-25-53-95-100(79)68-34-11-20-48-90(68)115-95)80-59-84-72(58-71(80)103(101)69-35-12-14-37-73(69)107(81)77-41-23-51-93-98(77)66-32-9-18-46-88(66)113-93)104-70-36-13-15-38-74(70)108(78-42-24-52-94-99(78)67-33-10-19-47-89(67)114-94)83-56-63(57-85(110-84)102(83)104)106(61-28-5-2-6-29-61)76-40-22-50-92-97(76)65-31-8-17-45-87(65)112-92/h1-59H. The summed E-state index contributed by atoms with van der Waals surface area (Å²) in [5.41, 5.74) is 24.3. The fraction of sp³-hybridized carbons (Fsp3) is 0. The van der Waals surface area contributed by atoms with Crippen molar-refractivity contribution in [3.8, 4) is 11.5 Å². The average molecular weight is 1790 g/mol. The summed E-state index contributed by atoms with van der Waals surface area (Å²) in [7, 11) is 0. The molecule has 0 unspecified atom stereocenters. The number of fused-ring (bicyclic) bond motifs is 23. The van der Waals surface area contributed by atoms with Crippen LogP contribution in [0.3, 0.4) is 0 Å². The van der Waals surface area contributed by atoms with Gasteiger partial charge in [0, 0.05) is 0 Å². The van der Waals surface area contributed by atoms with E-state index >= 15 is 0 Å². The number of rotatable bonds is 9. The quantitative estimate of drug-likeness (QED) is 0.134. The van der Waals surface area contributed by atoms with Crippen LogP contribution in [0.1, 0.15) is 0 Å². The molecule has 115 heavy (non-hydrogen) atoms. The molecule has 0 bridgehead atoms. The molecule has 26 rings (SSSR count). The molecule has 22 aromatic rings. The first-order valence-corrected chi connectivity index (χ1v) is 47.6. The zero-order chi connectivity index (χ0) is 74.8. The molecule has 17 aromatic carbocycles. The van der Waals surface area contributed by atoms with Gasteiger partial charge in [0.05, 0.1) is 0 Å². The van der Waals surface area contributed by atoms with Crippen molar-refractivity contribution in [3.05, 3.63) is 358 Å². The first kappa shape index (κ1) is 65.6. The second-order valence-electron chi connectivity index (χ2n) is 30.4. The van der Waals surface area contributed by atoms with Gasteiger partial charge in [-0.05, 0) is 0 Å². The van der Waals surface area contributed by atoms with Crippen LogP contribution in [-0.4, -0.2) is 85.9 Å². The van der Waals surface area contributed by atoms with Crippen LogP contribution in [0.2, 0.25) is 0 Å². The fourth-order valence-electron chi connectivity index (χ4n) is 19.9. The third-order valence-electron chi connectivity index (χ3n) is 24.4. The molecule has 0 radical (unpaired) electrons. The molecular weight excluding hydrogens is 1730 g/mol. The van der Waals surface area contributed by atoms with Crippen molar-refractivity contribution in [1.82, 2.24) is 0 Å². The Bertz CT molecular complexity index is 7940. The fourth-order valence-corrected chi connectivity index (χ4v) is 31.7. The zero-order valence-corrected chi connectivity index (χ0v) is 70.0. The molecule has 4 aliphatic rings. The van der Waals surface area contributed by atoms with Gasteiger partial charge in [0.2, 0.25) is 0 Å². The summed E-state index contributed by atoms with van der Waals surface area (Å²) in [5, 5.41) is 13.1. The van der Waals surface area contributed by atoms with E-state index in [0.717, 1.165) is 85.0 Å². The molecule has 0 saturated heterocycles. The van der Waals surface area contributed by atoms with E-state index in [-0.39, 0.29) is 85.9 Å². The minimum atomic E-state index is -0.246. The van der Waals surface area contributed by atoms with E-state index in [1.54, 1.807) is 0 Å². The van der Waals surface area contributed by atoms with Crippen molar-refractivity contribution in [1.29, 1.82) is 0 Å². The number of benzene rings is 17. The van der Waals surface area contributed by atoms with Crippen molar-refractivity contribution >= 4 is 300 Å². The molecule has 0 fully saturated rings. The number of hydrogen-bond donors (Lipinski definition) is 0. The van der Waals surface area contributed by atoms with Gasteiger partial charge in [0.15, 0.2) is 0 Å². The summed E-state index contributed by atoms with van der Waals surface area (Å²) in [6, 6.07) is 137. The Morgan fingerprint density at radius 2 is 0.530 bits per heavy atom. The van der Waals surface area contributed by atoms with Crippen LogP contribution >= 0.6 is 0 Å². The predicted molar refractivity (Wildman–Crippen MR) is 495 cm³/mol. The number of para-hydroxylation sites is 4. The first-order valence-electron chi connectivity index (χ1n) is 39.1. The second-order valence-corrected chi connectivity index (χ2v) is 41.8. The van der Waals surface area contributed by atoms with E-state index in [1.165, 1.54) is 141 Å². The van der Waals surface area contributed by atoms with Crippen molar-refractivity contribution < 1.29 is 4.74 Å². The van der Waals surface area contributed by atoms with E-state index < -0.39 is 0 Å². The number of nitrogens with zero attached hydrogens (tertiary/aromatic N) is 5. The molecular formula is C102H59B2N5OSe5. The van der Waals surface area contributed by atoms with Crippen LogP contribution in [0.5, 0.6) is 11.5 Å². The van der Waals surface area contributed by atoms with Crippen molar-refractivity contribution in [2.45, 2.75) is 0 Å². The summed E-state index contributed by atoms with van der Waals surface area (Å²) < 4.78 is 22.3. The van der Waals surface area contributed by atoms with Crippen molar-refractivity contribution in [2.24, 2.45) is 0 Å². The molecule has 534 valence electrons. The van der Waals surface area contributed by atoms with Crippen LogP contribution < -0.4 is 62.0 Å². The summed E-state index contributed by atoms with van der Waals surface area (Å²) in [6.07, 6.45) is 0. The van der Waals surface area contributed by atoms with E-state index in [9.17, 15) is 0 Å². The molecule has 0 spiro atoms. The molecule has 4 aliphatic heterocycles. The molecule has 6 nitrogen and oxygen atoms in total. The Morgan fingerprint density at radius 3 is 0.965 bits per heavy atom. The number of anilines is 15. The van der Waals surface area contributed by atoms with Crippen LogP contribution in [0.15, 0.2) is 358 Å². The van der Waals surface area contributed by atoms with Gasteiger partial charge >= 0.3 is 699 Å². The normalized spacial score (nSPS) is 13.2. The second kappa shape index (κ2) is 25.4. The molecule has 13 heteroatoms. The summed E-state index contributed by atoms with van der Waals surface area (Å²) in [6.45, 7) is -0.485. The van der Waals surface area contributed by atoms with E-state index in [2.05, 4.69) is 382 Å². The zero-order valence-electron chi connectivity index (χ0n) is 61.4. The molecule has 5 aromatic heterocycles. The Kier molecular flexibility index (Phi) is 14.5. The monoisotopic (exact) mass is 1790 g/mol. The topological polar surface area (TPSA) is 25.4 Å². The summed E-state index contributed by atoms with van der Waals surface area (Å²) in [4.78, 5) is 13.1. The Balaban J connectivity index is 0.786. The van der Waals surface area contributed by atoms with E-state index in [4.69, 9.17) is 4.74 Å². The maximum atomic E-state index is 8.26. The first-order chi connectivity index (χ1) is 57.1.